The van der Waals surface area contributed by atoms with E-state index in [1.54, 1.807) is 7.11 Å². The molecule has 0 bridgehead atoms. The third-order valence-electron chi connectivity index (χ3n) is 7.34. The van der Waals surface area contributed by atoms with E-state index in [-0.39, 0.29) is 17.6 Å². The third-order valence-corrected chi connectivity index (χ3v) is 7.34. The van der Waals surface area contributed by atoms with Crippen LogP contribution in [0.5, 0.6) is 5.75 Å². The molecule has 1 aromatic rings. The lowest BCUT2D eigenvalue weighted by Crippen LogP contribution is -2.51. The van der Waals surface area contributed by atoms with Crippen LogP contribution in [0.15, 0.2) is 24.3 Å². The summed E-state index contributed by atoms with van der Waals surface area (Å²) in [5, 5.41) is 0. The van der Waals surface area contributed by atoms with Gasteiger partial charge >= 0.3 is 6.03 Å². The lowest BCUT2D eigenvalue weighted by Gasteiger charge is -2.42. The Morgan fingerprint density at radius 3 is 2.64 bits per heavy atom. The van der Waals surface area contributed by atoms with Crippen LogP contribution in [0.2, 0.25) is 0 Å². The van der Waals surface area contributed by atoms with Crippen molar-refractivity contribution in [2.75, 3.05) is 20.2 Å². The van der Waals surface area contributed by atoms with Crippen molar-refractivity contribution < 1.29 is 14.3 Å². The van der Waals surface area contributed by atoms with E-state index >= 15 is 0 Å². The molecule has 148 valence electrons. The van der Waals surface area contributed by atoms with Crippen LogP contribution in [-0.2, 0) is 4.79 Å². The first kappa shape index (κ1) is 17.8. The minimum atomic E-state index is -0.171. The molecule has 1 spiro atoms. The third kappa shape index (κ3) is 2.66. The topological polar surface area (TPSA) is 49.9 Å². The molecule has 3 aliphatic carbocycles. The van der Waals surface area contributed by atoms with E-state index < -0.39 is 0 Å². The number of carbonyl (C=O) groups is 2. The fourth-order valence-electron chi connectivity index (χ4n) is 5.41. The van der Waals surface area contributed by atoms with Crippen LogP contribution in [0.4, 0.5) is 4.79 Å². The fraction of sp³-hybridized carbons (Fsp3) is 0.565. The number of amides is 2. The molecule has 0 N–H and O–H groups in total. The van der Waals surface area contributed by atoms with Crippen molar-refractivity contribution in [3.8, 4) is 5.75 Å². The lowest BCUT2D eigenvalue weighted by atomic mass is 9.78. The maximum atomic E-state index is 13.6. The van der Waals surface area contributed by atoms with Gasteiger partial charge in [-0.15, -0.1) is 0 Å². The molecule has 2 saturated carbocycles. The SMILES string of the molecule is COc1cccc2c1C=CC2N1CC2(CCC(=O)CC2)N(CC2CCC2)C1=O. The molecule has 5 heteroatoms. The highest BCUT2D eigenvalue weighted by atomic mass is 16.5. The van der Waals surface area contributed by atoms with Crippen LogP contribution in [-0.4, -0.2) is 47.4 Å². The number of methoxy groups -OCH3 is 1. The standard InChI is InChI=1S/C23H28N2O3/c1-28-21-7-3-6-18-19(21)8-9-20(18)24-15-23(12-10-17(26)11-13-23)25(22(24)27)14-16-4-2-5-16/h3,6-9,16,20H,2,4-5,10-15H2,1H3. The highest BCUT2D eigenvalue weighted by Crippen LogP contribution is 2.46. The van der Waals surface area contributed by atoms with Crippen molar-refractivity contribution in [1.82, 2.24) is 9.80 Å². The molecule has 1 heterocycles. The number of rotatable bonds is 4. The average molecular weight is 380 g/mol. The number of ether oxygens (including phenoxy) is 1. The zero-order valence-corrected chi connectivity index (χ0v) is 16.5. The molecular weight excluding hydrogens is 352 g/mol. The Bertz CT molecular complexity index is 832. The van der Waals surface area contributed by atoms with Crippen LogP contribution in [0.25, 0.3) is 6.08 Å². The van der Waals surface area contributed by atoms with Crippen LogP contribution >= 0.6 is 0 Å². The van der Waals surface area contributed by atoms with Gasteiger partial charge < -0.3 is 14.5 Å². The molecule has 1 aromatic carbocycles. The van der Waals surface area contributed by atoms with E-state index in [1.165, 1.54) is 19.3 Å². The van der Waals surface area contributed by atoms with Gasteiger partial charge in [-0.1, -0.05) is 30.7 Å². The summed E-state index contributed by atoms with van der Waals surface area (Å²) in [5.41, 5.74) is 2.05. The molecule has 1 unspecified atom stereocenters. The molecule has 2 amide bonds. The second-order valence-electron chi connectivity index (χ2n) is 8.85. The molecular formula is C23H28N2O3. The minimum Gasteiger partial charge on any atom is -0.496 e. The lowest BCUT2D eigenvalue weighted by molar-refractivity contribution is -0.122. The number of carbonyl (C=O) groups excluding carboxylic acids is 2. The van der Waals surface area contributed by atoms with Crippen molar-refractivity contribution in [1.29, 1.82) is 0 Å². The normalized spacial score (nSPS) is 26.1. The molecule has 4 aliphatic rings. The Morgan fingerprint density at radius 2 is 1.96 bits per heavy atom. The van der Waals surface area contributed by atoms with Crippen molar-refractivity contribution in [2.45, 2.75) is 56.5 Å². The Hall–Kier alpha value is -2.30. The molecule has 1 saturated heterocycles. The first-order chi connectivity index (χ1) is 13.6. The van der Waals surface area contributed by atoms with E-state index in [4.69, 9.17) is 4.74 Å². The molecule has 28 heavy (non-hydrogen) atoms. The Morgan fingerprint density at radius 1 is 1.18 bits per heavy atom. The van der Waals surface area contributed by atoms with Crippen LogP contribution in [0.1, 0.15) is 62.1 Å². The molecule has 1 aliphatic heterocycles. The predicted octanol–water partition coefficient (Wildman–Crippen LogP) is 4.18. The van der Waals surface area contributed by atoms with Crippen molar-refractivity contribution in [3.05, 3.63) is 35.4 Å². The number of hydrogen-bond donors (Lipinski definition) is 0. The van der Waals surface area contributed by atoms with E-state index in [0.717, 1.165) is 42.8 Å². The summed E-state index contributed by atoms with van der Waals surface area (Å²) in [5.74, 6) is 1.83. The quantitative estimate of drug-likeness (QED) is 0.787. The van der Waals surface area contributed by atoms with Gasteiger partial charge in [0.2, 0.25) is 0 Å². The molecule has 1 atom stereocenters. The highest BCUT2D eigenvalue weighted by molar-refractivity contribution is 5.83. The van der Waals surface area contributed by atoms with Crippen LogP contribution in [0, 0.1) is 5.92 Å². The van der Waals surface area contributed by atoms with E-state index in [9.17, 15) is 9.59 Å². The number of ketones is 1. The van der Waals surface area contributed by atoms with E-state index in [1.807, 2.05) is 17.0 Å². The summed E-state index contributed by atoms with van der Waals surface area (Å²) in [4.78, 5) is 29.7. The highest BCUT2D eigenvalue weighted by Gasteiger charge is 2.53. The summed E-state index contributed by atoms with van der Waals surface area (Å²) >= 11 is 0. The summed E-state index contributed by atoms with van der Waals surface area (Å²) in [6.45, 7) is 1.57. The predicted molar refractivity (Wildman–Crippen MR) is 107 cm³/mol. The maximum Gasteiger partial charge on any atom is 0.321 e. The summed E-state index contributed by atoms with van der Waals surface area (Å²) < 4.78 is 5.51. The number of fused-ring (bicyclic) bond motifs is 1. The van der Waals surface area contributed by atoms with Crippen molar-refractivity contribution in [2.24, 2.45) is 5.92 Å². The van der Waals surface area contributed by atoms with Gasteiger partial charge in [-0.05, 0) is 43.2 Å². The minimum absolute atomic E-state index is 0.0431. The number of Topliss-reactive ketones (excluding diaryl/α,β-unsaturated/α-hetero) is 1. The summed E-state index contributed by atoms with van der Waals surface area (Å²) in [6.07, 6.45) is 10.8. The summed E-state index contributed by atoms with van der Waals surface area (Å²) in [6, 6.07) is 6.17. The Labute approximate surface area is 166 Å². The maximum absolute atomic E-state index is 13.6. The van der Waals surface area contributed by atoms with Crippen molar-refractivity contribution in [3.63, 3.8) is 0 Å². The monoisotopic (exact) mass is 380 g/mol. The number of urea groups is 1. The molecule has 5 rings (SSSR count). The summed E-state index contributed by atoms with van der Waals surface area (Å²) in [7, 11) is 1.69. The second-order valence-corrected chi connectivity index (χ2v) is 8.85. The first-order valence-electron chi connectivity index (χ1n) is 10.6. The van der Waals surface area contributed by atoms with Crippen LogP contribution < -0.4 is 4.74 Å². The van der Waals surface area contributed by atoms with Gasteiger partial charge in [0.25, 0.3) is 0 Å². The largest absolute Gasteiger partial charge is 0.496 e. The first-order valence-corrected chi connectivity index (χ1v) is 10.6. The zero-order chi connectivity index (χ0) is 19.3. The Kier molecular flexibility index (Phi) is 4.22. The number of benzene rings is 1. The van der Waals surface area contributed by atoms with Gasteiger partial charge in [-0.2, -0.15) is 0 Å². The van der Waals surface area contributed by atoms with Gasteiger partial charge in [0.1, 0.15) is 11.5 Å². The van der Waals surface area contributed by atoms with Crippen molar-refractivity contribution >= 4 is 17.9 Å². The van der Waals surface area contributed by atoms with Gasteiger partial charge in [-0.25, -0.2) is 4.79 Å². The molecule has 0 aromatic heterocycles. The zero-order valence-electron chi connectivity index (χ0n) is 16.5. The number of hydrogen-bond acceptors (Lipinski definition) is 3. The van der Waals surface area contributed by atoms with E-state index in [2.05, 4.69) is 23.1 Å². The second kappa shape index (κ2) is 6.64. The van der Waals surface area contributed by atoms with Crippen LogP contribution in [0.3, 0.4) is 0 Å². The fourth-order valence-corrected chi connectivity index (χ4v) is 5.41. The van der Waals surface area contributed by atoms with Gasteiger partial charge in [0, 0.05) is 31.5 Å². The smallest absolute Gasteiger partial charge is 0.321 e. The van der Waals surface area contributed by atoms with Gasteiger partial charge in [-0.3, -0.25) is 4.79 Å². The average Bonchev–Trinajstić information content (AvgIpc) is 3.21. The Balaban J connectivity index is 1.46. The molecule has 5 nitrogen and oxygen atoms in total. The molecule has 0 radical (unpaired) electrons. The van der Waals surface area contributed by atoms with Gasteiger partial charge in [0.05, 0.1) is 18.7 Å². The number of nitrogens with zero attached hydrogens (tertiary/aromatic N) is 2. The van der Waals surface area contributed by atoms with E-state index in [0.29, 0.717) is 24.5 Å². The molecule has 3 fully saturated rings. The van der Waals surface area contributed by atoms with Gasteiger partial charge in [0.15, 0.2) is 0 Å².